The molecular weight excluding hydrogens is 228 g/mol. The van der Waals surface area contributed by atoms with Gasteiger partial charge in [-0.25, -0.2) is 0 Å². The molecule has 1 aliphatic carbocycles. The lowest BCUT2D eigenvalue weighted by atomic mass is 9.80. The summed E-state index contributed by atoms with van der Waals surface area (Å²) in [6.07, 6.45) is 4.75. The van der Waals surface area contributed by atoms with E-state index in [4.69, 9.17) is 4.74 Å². The SMILES string of the molecule is O=C(O)C1(Cc2ccc3c(c2)CCC3)CCOC1. The minimum Gasteiger partial charge on any atom is -0.481 e. The topological polar surface area (TPSA) is 46.5 Å². The molecule has 1 fully saturated rings. The molecule has 1 heterocycles. The molecule has 3 nitrogen and oxygen atoms in total. The van der Waals surface area contributed by atoms with Crippen molar-refractivity contribution >= 4 is 5.97 Å². The molecule has 1 aromatic carbocycles. The highest BCUT2D eigenvalue weighted by molar-refractivity contribution is 5.75. The van der Waals surface area contributed by atoms with Crippen LogP contribution in [0.15, 0.2) is 18.2 Å². The first-order chi connectivity index (χ1) is 8.70. The Morgan fingerprint density at radius 2 is 2.17 bits per heavy atom. The summed E-state index contributed by atoms with van der Waals surface area (Å²) < 4.78 is 5.31. The zero-order chi connectivity index (χ0) is 12.6. The summed E-state index contributed by atoms with van der Waals surface area (Å²) in [5.74, 6) is -0.722. The number of hydrogen-bond donors (Lipinski definition) is 1. The van der Waals surface area contributed by atoms with Crippen LogP contribution in [-0.4, -0.2) is 24.3 Å². The van der Waals surface area contributed by atoms with Crippen molar-refractivity contribution in [3.05, 3.63) is 34.9 Å². The second-order valence-electron chi connectivity index (χ2n) is 5.52. The van der Waals surface area contributed by atoms with Crippen LogP contribution in [0.3, 0.4) is 0 Å². The van der Waals surface area contributed by atoms with E-state index in [9.17, 15) is 9.90 Å². The zero-order valence-electron chi connectivity index (χ0n) is 10.4. The predicted molar refractivity (Wildman–Crippen MR) is 67.7 cm³/mol. The Hall–Kier alpha value is -1.35. The highest BCUT2D eigenvalue weighted by Gasteiger charge is 2.42. The molecular formula is C15H18O3. The van der Waals surface area contributed by atoms with E-state index >= 15 is 0 Å². The van der Waals surface area contributed by atoms with Crippen LogP contribution in [0, 0.1) is 5.41 Å². The summed E-state index contributed by atoms with van der Waals surface area (Å²) in [5, 5.41) is 9.44. The van der Waals surface area contributed by atoms with Crippen molar-refractivity contribution in [1.82, 2.24) is 0 Å². The van der Waals surface area contributed by atoms with Crippen molar-refractivity contribution in [2.75, 3.05) is 13.2 Å². The lowest BCUT2D eigenvalue weighted by molar-refractivity contribution is -0.148. The maximum absolute atomic E-state index is 11.5. The molecule has 3 rings (SSSR count). The van der Waals surface area contributed by atoms with E-state index in [0.717, 1.165) is 12.0 Å². The van der Waals surface area contributed by atoms with Crippen LogP contribution in [0.4, 0.5) is 0 Å². The number of aliphatic carboxylic acids is 1. The van der Waals surface area contributed by atoms with Crippen molar-refractivity contribution in [3.63, 3.8) is 0 Å². The van der Waals surface area contributed by atoms with Crippen molar-refractivity contribution in [2.24, 2.45) is 5.41 Å². The van der Waals surface area contributed by atoms with E-state index in [1.54, 1.807) is 0 Å². The Balaban J connectivity index is 1.85. The number of aryl methyl sites for hydroxylation is 2. The number of hydrogen-bond acceptors (Lipinski definition) is 2. The highest BCUT2D eigenvalue weighted by atomic mass is 16.5. The van der Waals surface area contributed by atoms with Gasteiger partial charge in [-0.1, -0.05) is 18.2 Å². The van der Waals surface area contributed by atoms with E-state index < -0.39 is 11.4 Å². The normalized spacial score (nSPS) is 26.2. The second-order valence-corrected chi connectivity index (χ2v) is 5.52. The average Bonchev–Trinajstić information content (AvgIpc) is 2.97. The molecule has 1 unspecified atom stereocenters. The van der Waals surface area contributed by atoms with E-state index in [0.29, 0.717) is 26.1 Å². The maximum atomic E-state index is 11.5. The summed E-state index contributed by atoms with van der Waals surface area (Å²) in [4.78, 5) is 11.5. The van der Waals surface area contributed by atoms with Gasteiger partial charge in [0, 0.05) is 6.61 Å². The van der Waals surface area contributed by atoms with Crippen molar-refractivity contribution in [1.29, 1.82) is 0 Å². The molecule has 3 heteroatoms. The molecule has 0 aromatic heterocycles. The van der Waals surface area contributed by atoms with Gasteiger partial charge in [-0.15, -0.1) is 0 Å². The largest absolute Gasteiger partial charge is 0.481 e. The van der Waals surface area contributed by atoms with Gasteiger partial charge in [-0.2, -0.15) is 0 Å². The third kappa shape index (κ3) is 1.93. The van der Waals surface area contributed by atoms with Crippen LogP contribution < -0.4 is 0 Å². The maximum Gasteiger partial charge on any atom is 0.312 e. The van der Waals surface area contributed by atoms with Crippen LogP contribution in [0.5, 0.6) is 0 Å². The van der Waals surface area contributed by atoms with Crippen LogP contribution in [0.1, 0.15) is 29.5 Å². The summed E-state index contributed by atoms with van der Waals surface area (Å²) in [6.45, 7) is 0.913. The fourth-order valence-electron chi connectivity index (χ4n) is 3.12. The van der Waals surface area contributed by atoms with Crippen LogP contribution >= 0.6 is 0 Å². The molecule has 1 N–H and O–H groups in total. The van der Waals surface area contributed by atoms with Crippen LogP contribution in [-0.2, 0) is 28.8 Å². The quantitative estimate of drug-likeness (QED) is 0.889. The van der Waals surface area contributed by atoms with Gasteiger partial charge in [0.05, 0.1) is 12.0 Å². The number of ether oxygens (including phenoxy) is 1. The minimum atomic E-state index is -0.722. The van der Waals surface area contributed by atoms with Crippen molar-refractivity contribution < 1.29 is 14.6 Å². The fraction of sp³-hybridized carbons (Fsp3) is 0.533. The lowest BCUT2D eigenvalue weighted by Gasteiger charge is -2.22. The van der Waals surface area contributed by atoms with E-state index in [1.165, 1.54) is 24.0 Å². The van der Waals surface area contributed by atoms with Gasteiger partial charge in [-0.05, 0) is 48.8 Å². The van der Waals surface area contributed by atoms with E-state index in [-0.39, 0.29) is 0 Å². The summed E-state index contributed by atoms with van der Waals surface area (Å²) in [7, 11) is 0. The van der Waals surface area contributed by atoms with E-state index in [2.05, 4.69) is 18.2 Å². The van der Waals surface area contributed by atoms with Gasteiger partial charge in [0.1, 0.15) is 0 Å². The number of carboxylic acids is 1. The Morgan fingerprint density at radius 1 is 1.33 bits per heavy atom. The molecule has 0 bridgehead atoms. The molecule has 96 valence electrons. The van der Waals surface area contributed by atoms with Gasteiger partial charge >= 0.3 is 5.97 Å². The summed E-state index contributed by atoms with van der Waals surface area (Å²) >= 11 is 0. The van der Waals surface area contributed by atoms with Gasteiger partial charge in [0.15, 0.2) is 0 Å². The van der Waals surface area contributed by atoms with E-state index in [1.807, 2.05) is 0 Å². The Kier molecular flexibility index (Phi) is 2.86. The highest BCUT2D eigenvalue weighted by Crippen LogP contribution is 2.34. The van der Waals surface area contributed by atoms with Crippen LogP contribution in [0.2, 0.25) is 0 Å². The molecule has 2 aliphatic rings. The standard InChI is InChI=1S/C15H18O3/c16-14(17)15(6-7-18-10-15)9-11-4-5-12-2-1-3-13(12)8-11/h4-5,8H,1-3,6-7,9-10H2,(H,16,17). The molecule has 0 amide bonds. The number of fused-ring (bicyclic) bond motifs is 1. The lowest BCUT2D eigenvalue weighted by Crippen LogP contribution is -2.33. The molecule has 18 heavy (non-hydrogen) atoms. The smallest absolute Gasteiger partial charge is 0.312 e. The first-order valence-corrected chi connectivity index (χ1v) is 6.61. The summed E-state index contributed by atoms with van der Waals surface area (Å²) in [6, 6.07) is 6.46. The van der Waals surface area contributed by atoms with Gasteiger partial charge in [0.25, 0.3) is 0 Å². The average molecular weight is 246 g/mol. The van der Waals surface area contributed by atoms with Crippen molar-refractivity contribution in [3.8, 4) is 0 Å². The molecule has 0 spiro atoms. The Bertz CT molecular complexity index is 473. The predicted octanol–water partition coefficient (Wildman–Crippen LogP) is 2.21. The molecule has 1 atom stereocenters. The molecule has 1 aliphatic heterocycles. The van der Waals surface area contributed by atoms with Gasteiger partial charge < -0.3 is 9.84 Å². The van der Waals surface area contributed by atoms with Gasteiger partial charge in [0.2, 0.25) is 0 Å². The first kappa shape index (κ1) is 11.7. The minimum absolute atomic E-state index is 0.347. The second kappa shape index (κ2) is 4.39. The molecule has 0 saturated carbocycles. The summed E-state index contributed by atoms with van der Waals surface area (Å²) in [5.41, 5.74) is 3.29. The molecule has 0 radical (unpaired) electrons. The number of carbonyl (C=O) groups is 1. The van der Waals surface area contributed by atoms with Crippen molar-refractivity contribution in [2.45, 2.75) is 32.1 Å². The number of rotatable bonds is 3. The third-order valence-electron chi connectivity index (χ3n) is 4.26. The molecule has 1 aromatic rings. The first-order valence-electron chi connectivity index (χ1n) is 6.61. The fourth-order valence-corrected chi connectivity index (χ4v) is 3.12. The monoisotopic (exact) mass is 246 g/mol. The Morgan fingerprint density at radius 3 is 2.89 bits per heavy atom. The Labute approximate surface area is 107 Å². The number of benzene rings is 1. The zero-order valence-corrected chi connectivity index (χ0v) is 10.4. The van der Waals surface area contributed by atoms with Gasteiger partial charge in [-0.3, -0.25) is 4.79 Å². The number of carboxylic acid groups (broad SMARTS) is 1. The van der Waals surface area contributed by atoms with Crippen LogP contribution in [0.25, 0.3) is 0 Å². The third-order valence-corrected chi connectivity index (χ3v) is 4.26. The molecule has 1 saturated heterocycles.